The first-order valence-electron chi connectivity index (χ1n) is 5.67. The largest absolute Gasteiger partial charge is 0.380 e. The zero-order valence-corrected chi connectivity index (χ0v) is 10.3. The minimum Gasteiger partial charge on any atom is -0.380 e. The molecular weight excluding hydrogens is 186 g/mol. The molecule has 0 aliphatic heterocycles. The van der Waals surface area contributed by atoms with Crippen molar-refractivity contribution in [1.82, 2.24) is 5.32 Å². The van der Waals surface area contributed by atoms with Gasteiger partial charge in [-0.1, -0.05) is 24.3 Å². The zero-order valence-electron chi connectivity index (χ0n) is 10.3. The summed E-state index contributed by atoms with van der Waals surface area (Å²) in [6, 6.07) is 0. The average molecular weight is 209 g/mol. The molecule has 0 saturated heterocycles. The molecule has 1 aliphatic carbocycles. The third-order valence-electron chi connectivity index (χ3n) is 2.49. The van der Waals surface area contributed by atoms with Crippen LogP contribution in [0, 0.1) is 5.41 Å². The maximum atomic E-state index is 5.54. The monoisotopic (exact) mass is 209 g/mol. The Kier molecular flexibility index (Phi) is 4.12. The molecule has 0 amide bonds. The Morgan fingerprint density at radius 2 is 1.80 bits per heavy atom. The molecule has 0 heterocycles. The Morgan fingerprint density at radius 1 is 1.20 bits per heavy atom. The molecule has 15 heavy (non-hydrogen) atoms. The van der Waals surface area contributed by atoms with Crippen molar-refractivity contribution in [3.8, 4) is 0 Å². The third-order valence-corrected chi connectivity index (χ3v) is 2.49. The Hall–Kier alpha value is -0.600. The minimum absolute atomic E-state index is 0.0588. The maximum Gasteiger partial charge on any atom is 0.0604 e. The lowest BCUT2D eigenvalue weighted by Crippen LogP contribution is -2.44. The van der Waals surface area contributed by atoms with Crippen molar-refractivity contribution in [2.24, 2.45) is 5.41 Å². The first-order chi connectivity index (χ1) is 6.97. The number of ether oxygens (including phenoxy) is 1. The molecule has 2 heteroatoms. The van der Waals surface area contributed by atoms with Crippen LogP contribution in [0.2, 0.25) is 0 Å². The first-order valence-corrected chi connectivity index (χ1v) is 5.67. The van der Waals surface area contributed by atoms with Crippen molar-refractivity contribution < 1.29 is 4.74 Å². The summed E-state index contributed by atoms with van der Waals surface area (Å²) in [6.07, 6.45) is 8.65. The van der Waals surface area contributed by atoms with Gasteiger partial charge in [0, 0.05) is 24.1 Å². The number of hydrogen-bond donors (Lipinski definition) is 1. The van der Waals surface area contributed by atoms with Gasteiger partial charge in [0.2, 0.25) is 0 Å². The molecule has 86 valence electrons. The van der Waals surface area contributed by atoms with Gasteiger partial charge in [0.25, 0.3) is 0 Å². The van der Waals surface area contributed by atoms with Crippen LogP contribution in [0.4, 0.5) is 0 Å². The van der Waals surface area contributed by atoms with Gasteiger partial charge in [0.15, 0.2) is 0 Å². The summed E-state index contributed by atoms with van der Waals surface area (Å²) in [6.45, 7) is 11.1. The van der Waals surface area contributed by atoms with Crippen molar-refractivity contribution in [3.05, 3.63) is 24.3 Å². The van der Waals surface area contributed by atoms with Gasteiger partial charge < -0.3 is 10.1 Å². The lowest BCUT2D eigenvalue weighted by molar-refractivity contribution is 0.0951. The van der Waals surface area contributed by atoms with Crippen LogP contribution in [0.15, 0.2) is 24.3 Å². The van der Waals surface area contributed by atoms with Crippen LogP contribution in [-0.4, -0.2) is 25.3 Å². The van der Waals surface area contributed by atoms with E-state index in [0.717, 1.165) is 19.8 Å². The minimum atomic E-state index is 0.0588. The Morgan fingerprint density at radius 3 is 2.27 bits per heavy atom. The molecule has 0 saturated carbocycles. The number of allylic oxidation sites excluding steroid dienone is 2. The van der Waals surface area contributed by atoms with Gasteiger partial charge >= 0.3 is 0 Å². The summed E-state index contributed by atoms with van der Waals surface area (Å²) < 4.78 is 5.54. The fourth-order valence-corrected chi connectivity index (χ4v) is 1.54. The predicted molar refractivity (Wildman–Crippen MR) is 65.0 cm³/mol. The van der Waals surface area contributed by atoms with Crippen LogP contribution in [0.25, 0.3) is 0 Å². The van der Waals surface area contributed by atoms with E-state index in [1.165, 1.54) is 0 Å². The second-order valence-corrected chi connectivity index (χ2v) is 5.19. The highest BCUT2D eigenvalue weighted by atomic mass is 16.5. The molecule has 0 bridgehead atoms. The summed E-state index contributed by atoms with van der Waals surface area (Å²) in [7, 11) is 0. The molecule has 0 aromatic heterocycles. The molecule has 0 radical (unpaired) electrons. The van der Waals surface area contributed by atoms with Crippen molar-refractivity contribution in [3.63, 3.8) is 0 Å². The summed E-state index contributed by atoms with van der Waals surface area (Å²) in [5.41, 5.74) is 0.215. The second-order valence-electron chi connectivity index (χ2n) is 5.19. The second kappa shape index (κ2) is 4.95. The maximum absolute atomic E-state index is 5.54. The van der Waals surface area contributed by atoms with E-state index < -0.39 is 0 Å². The van der Waals surface area contributed by atoms with Crippen LogP contribution >= 0.6 is 0 Å². The highest BCUT2D eigenvalue weighted by molar-refractivity contribution is 5.26. The lowest BCUT2D eigenvalue weighted by atomic mass is 9.90. The van der Waals surface area contributed by atoms with Gasteiger partial charge in [-0.25, -0.2) is 0 Å². The standard InChI is InChI=1S/C13H23NO/c1-5-15-11-13(8-6-7-9-13)10-14-12(2,3)4/h6-9,14H,5,10-11H2,1-4H3. The SMILES string of the molecule is CCOCC1(CNC(C)(C)C)C=CC=C1. The fraction of sp³-hybridized carbons (Fsp3) is 0.692. The quantitative estimate of drug-likeness (QED) is 0.751. The molecule has 0 fully saturated rings. The topological polar surface area (TPSA) is 21.3 Å². The van der Waals surface area contributed by atoms with E-state index in [1.54, 1.807) is 0 Å². The molecule has 0 unspecified atom stereocenters. The van der Waals surface area contributed by atoms with Crippen LogP contribution < -0.4 is 5.32 Å². The number of nitrogens with one attached hydrogen (secondary N) is 1. The Labute approximate surface area is 93.4 Å². The van der Waals surface area contributed by atoms with Gasteiger partial charge in [0.1, 0.15) is 0 Å². The van der Waals surface area contributed by atoms with Crippen molar-refractivity contribution in [1.29, 1.82) is 0 Å². The van der Waals surface area contributed by atoms with Crippen LogP contribution in [0.5, 0.6) is 0 Å². The number of hydrogen-bond acceptors (Lipinski definition) is 2. The zero-order chi connectivity index (χ0) is 11.4. The van der Waals surface area contributed by atoms with Crippen molar-refractivity contribution in [2.75, 3.05) is 19.8 Å². The normalized spacial score (nSPS) is 18.7. The summed E-state index contributed by atoms with van der Waals surface area (Å²) in [4.78, 5) is 0. The molecule has 0 aromatic rings. The van der Waals surface area contributed by atoms with Gasteiger partial charge in [-0.15, -0.1) is 0 Å². The summed E-state index contributed by atoms with van der Waals surface area (Å²) >= 11 is 0. The van der Waals surface area contributed by atoms with Gasteiger partial charge in [-0.2, -0.15) is 0 Å². The van der Waals surface area contributed by atoms with Gasteiger partial charge in [-0.3, -0.25) is 0 Å². The van der Waals surface area contributed by atoms with Crippen molar-refractivity contribution in [2.45, 2.75) is 33.2 Å². The van der Waals surface area contributed by atoms with E-state index >= 15 is 0 Å². The van der Waals surface area contributed by atoms with Crippen LogP contribution in [0.3, 0.4) is 0 Å². The van der Waals surface area contributed by atoms with E-state index in [1.807, 2.05) is 6.92 Å². The molecule has 1 rings (SSSR count). The van der Waals surface area contributed by atoms with Gasteiger partial charge in [0.05, 0.1) is 6.61 Å². The predicted octanol–water partition coefficient (Wildman–Crippen LogP) is 2.52. The molecular formula is C13H23NO. The van der Waals surface area contributed by atoms with Crippen LogP contribution in [-0.2, 0) is 4.74 Å². The molecule has 1 N–H and O–H groups in total. The average Bonchev–Trinajstić information content (AvgIpc) is 2.60. The highest BCUT2D eigenvalue weighted by Gasteiger charge is 2.27. The fourth-order valence-electron chi connectivity index (χ4n) is 1.54. The molecule has 1 aliphatic rings. The smallest absolute Gasteiger partial charge is 0.0604 e. The molecule has 0 spiro atoms. The summed E-state index contributed by atoms with van der Waals surface area (Å²) in [5, 5.41) is 3.53. The first kappa shape index (κ1) is 12.5. The van der Waals surface area contributed by atoms with E-state index in [2.05, 4.69) is 50.4 Å². The van der Waals surface area contributed by atoms with E-state index in [0.29, 0.717) is 0 Å². The third kappa shape index (κ3) is 4.18. The molecule has 2 nitrogen and oxygen atoms in total. The Balaban J connectivity index is 2.51. The highest BCUT2D eigenvalue weighted by Crippen LogP contribution is 2.26. The summed E-state index contributed by atoms with van der Waals surface area (Å²) in [5.74, 6) is 0. The Bertz CT molecular complexity index is 236. The van der Waals surface area contributed by atoms with E-state index in [9.17, 15) is 0 Å². The van der Waals surface area contributed by atoms with E-state index in [4.69, 9.17) is 4.74 Å². The molecule has 0 atom stereocenters. The molecule has 0 aromatic carbocycles. The van der Waals surface area contributed by atoms with Crippen molar-refractivity contribution >= 4 is 0 Å². The lowest BCUT2D eigenvalue weighted by Gasteiger charge is -2.30. The van der Waals surface area contributed by atoms with Crippen LogP contribution in [0.1, 0.15) is 27.7 Å². The number of rotatable bonds is 5. The van der Waals surface area contributed by atoms with E-state index in [-0.39, 0.29) is 11.0 Å². The van der Waals surface area contributed by atoms with Gasteiger partial charge in [-0.05, 0) is 27.7 Å².